The molecule has 1 N–H and O–H groups in total. The van der Waals surface area contributed by atoms with Crippen LogP contribution in [0.2, 0.25) is 0 Å². The first-order valence-corrected chi connectivity index (χ1v) is 10.9. The Bertz CT molecular complexity index is 954. The summed E-state index contributed by atoms with van der Waals surface area (Å²) >= 11 is 0. The molecule has 0 unspecified atom stereocenters. The van der Waals surface area contributed by atoms with Crippen LogP contribution in [-0.2, 0) is 21.2 Å². The van der Waals surface area contributed by atoms with Gasteiger partial charge < -0.3 is 0 Å². The van der Waals surface area contributed by atoms with E-state index in [2.05, 4.69) is 10.5 Å². The fourth-order valence-electron chi connectivity index (χ4n) is 2.63. The molecule has 2 aromatic carbocycles. The summed E-state index contributed by atoms with van der Waals surface area (Å²) in [6.45, 7) is 5.36. The van der Waals surface area contributed by atoms with Gasteiger partial charge in [-0.2, -0.15) is 5.10 Å². The average Bonchev–Trinajstić information content (AvgIpc) is 2.65. The Hall–Kier alpha value is -2.67. The van der Waals surface area contributed by atoms with Crippen LogP contribution in [0.15, 0.2) is 53.6 Å². The Morgan fingerprint density at radius 1 is 1.07 bits per heavy atom. The highest BCUT2D eigenvalue weighted by Crippen LogP contribution is 2.21. The Balaban J connectivity index is 2.00. The van der Waals surface area contributed by atoms with E-state index in [0.29, 0.717) is 12.1 Å². The first-order chi connectivity index (χ1) is 13.2. The molecule has 6 nitrogen and oxygen atoms in total. The smallest absolute Gasteiger partial charge is 0.260 e. The monoisotopic (exact) mass is 401 g/mol. The summed E-state index contributed by atoms with van der Waals surface area (Å²) < 4.78 is 25.4. The number of amides is 1. The van der Waals surface area contributed by atoms with Crippen LogP contribution in [0.25, 0.3) is 0 Å². The molecule has 0 atom stereocenters. The number of benzene rings is 2. The largest absolute Gasteiger partial charge is 0.271 e. The molecule has 0 saturated heterocycles. The lowest BCUT2D eigenvalue weighted by atomic mass is 10.1. The van der Waals surface area contributed by atoms with E-state index in [0.717, 1.165) is 33.8 Å². The third-order valence-electron chi connectivity index (χ3n) is 4.46. The van der Waals surface area contributed by atoms with Crippen molar-refractivity contribution in [2.24, 2.45) is 5.10 Å². The topological polar surface area (TPSA) is 78.8 Å². The predicted octanol–water partition coefficient (Wildman–Crippen LogP) is 3.19. The van der Waals surface area contributed by atoms with Crippen molar-refractivity contribution >= 4 is 27.3 Å². The number of carbonyl (C=O) groups is 1. The van der Waals surface area contributed by atoms with E-state index in [1.54, 1.807) is 12.1 Å². The first-order valence-electron chi connectivity index (χ1n) is 9.07. The molecule has 0 aliphatic carbocycles. The van der Waals surface area contributed by atoms with Crippen molar-refractivity contribution in [3.8, 4) is 0 Å². The summed E-state index contributed by atoms with van der Waals surface area (Å²) in [6, 6.07) is 15.3. The van der Waals surface area contributed by atoms with Gasteiger partial charge in [-0.25, -0.2) is 13.8 Å². The minimum Gasteiger partial charge on any atom is -0.271 e. The summed E-state index contributed by atoms with van der Waals surface area (Å²) in [5, 5.41) is 4.10. The molecule has 0 heterocycles. The van der Waals surface area contributed by atoms with E-state index in [4.69, 9.17) is 0 Å². The minimum absolute atomic E-state index is 0.323. The van der Waals surface area contributed by atoms with E-state index >= 15 is 0 Å². The van der Waals surface area contributed by atoms with Gasteiger partial charge in [-0.05, 0) is 62.4 Å². The fourth-order valence-corrected chi connectivity index (χ4v) is 3.48. The Kier molecular flexibility index (Phi) is 7.34. The van der Waals surface area contributed by atoms with Crippen molar-refractivity contribution in [3.63, 3.8) is 0 Å². The molecule has 7 heteroatoms. The summed E-state index contributed by atoms with van der Waals surface area (Å²) in [4.78, 5) is 12.3. The number of hydrogen-bond acceptors (Lipinski definition) is 4. The molecule has 0 bridgehead atoms. The number of aryl methyl sites for hydroxylation is 3. The van der Waals surface area contributed by atoms with E-state index in [-0.39, 0.29) is 6.54 Å². The Labute approximate surface area is 167 Å². The maximum Gasteiger partial charge on any atom is 0.260 e. The number of carbonyl (C=O) groups excluding carboxylic acids is 1. The average molecular weight is 402 g/mol. The van der Waals surface area contributed by atoms with Gasteiger partial charge >= 0.3 is 0 Å². The second kappa shape index (κ2) is 9.50. The van der Waals surface area contributed by atoms with E-state index < -0.39 is 15.9 Å². The van der Waals surface area contributed by atoms with E-state index in [1.165, 1.54) is 5.56 Å². The molecule has 0 aliphatic heterocycles. The van der Waals surface area contributed by atoms with Crippen molar-refractivity contribution < 1.29 is 13.2 Å². The molecule has 0 aliphatic rings. The van der Waals surface area contributed by atoms with Crippen LogP contribution < -0.4 is 9.73 Å². The molecule has 2 aromatic rings. The molecule has 2 rings (SSSR count). The number of anilines is 1. The molecule has 150 valence electrons. The third kappa shape index (κ3) is 6.49. The molecule has 0 radical (unpaired) electrons. The van der Waals surface area contributed by atoms with Crippen molar-refractivity contribution in [2.75, 3.05) is 17.1 Å². The number of sulfonamides is 1. The quantitative estimate of drug-likeness (QED) is 0.545. The van der Waals surface area contributed by atoms with Crippen molar-refractivity contribution in [3.05, 3.63) is 65.2 Å². The lowest BCUT2D eigenvalue weighted by molar-refractivity contribution is -0.119. The second-order valence-electron chi connectivity index (χ2n) is 6.91. The molecule has 0 spiro atoms. The summed E-state index contributed by atoms with van der Waals surface area (Å²) in [5.41, 5.74) is 6.91. The van der Waals surface area contributed by atoms with Gasteiger partial charge in [-0.3, -0.25) is 9.10 Å². The van der Waals surface area contributed by atoms with Crippen LogP contribution >= 0.6 is 0 Å². The fraction of sp³-hybridized carbons (Fsp3) is 0.333. The third-order valence-corrected chi connectivity index (χ3v) is 5.60. The van der Waals surface area contributed by atoms with Gasteiger partial charge in [-0.1, -0.05) is 36.4 Å². The zero-order valence-electron chi connectivity index (χ0n) is 16.8. The molecular weight excluding hydrogens is 374 g/mol. The number of nitrogens with zero attached hydrogens (tertiary/aromatic N) is 2. The number of rotatable bonds is 8. The van der Waals surface area contributed by atoms with Gasteiger partial charge in [0.25, 0.3) is 5.91 Å². The van der Waals surface area contributed by atoms with Crippen LogP contribution in [-0.4, -0.2) is 32.8 Å². The lowest BCUT2D eigenvalue weighted by Gasteiger charge is -2.22. The minimum atomic E-state index is -3.60. The lowest BCUT2D eigenvalue weighted by Crippen LogP contribution is -2.39. The zero-order valence-corrected chi connectivity index (χ0v) is 17.6. The van der Waals surface area contributed by atoms with Crippen LogP contribution in [0.4, 0.5) is 5.69 Å². The van der Waals surface area contributed by atoms with Gasteiger partial charge in [0.05, 0.1) is 11.9 Å². The molecule has 28 heavy (non-hydrogen) atoms. The summed E-state index contributed by atoms with van der Waals surface area (Å²) in [7, 11) is -3.60. The Morgan fingerprint density at radius 3 is 2.36 bits per heavy atom. The van der Waals surface area contributed by atoms with E-state index in [1.807, 2.05) is 57.2 Å². The summed E-state index contributed by atoms with van der Waals surface area (Å²) in [5.74, 6) is -0.484. The van der Waals surface area contributed by atoms with Crippen LogP contribution in [0.3, 0.4) is 0 Å². The molecule has 0 fully saturated rings. The van der Waals surface area contributed by atoms with Crippen LogP contribution in [0.5, 0.6) is 0 Å². The number of hydrazone groups is 1. The van der Waals surface area contributed by atoms with Gasteiger partial charge in [-0.15, -0.1) is 0 Å². The van der Waals surface area contributed by atoms with Crippen molar-refractivity contribution in [1.29, 1.82) is 0 Å². The first kappa shape index (κ1) is 21.6. The van der Waals surface area contributed by atoms with E-state index in [9.17, 15) is 13.2 Å². The number of hydrogen-bond donors (Lipinski definition) is 1. The van der Waals surface area contributed by atoms with Gasteiger partial charge in [0, 0.05) is 5.71 Å². The predicted molar refractivity (Wildman–Crippen MR) is 114 cm³/mol. The van der Waals surface area contributed by atoms with Gasteiger partial charge in [0.1, 0.15) is 6.54 Å². The van der Waals surface area contributed by atoms with Crippen molar-refractivity contribution in [1.82, 2.24) is 5.43 Å². The van der Waals surface area contributed by atoms with Crippen LogP contribution in [0, 0.1) is 13.8 Å². The maximum atomic E-state index is 12.3. The van der Waals surface area contributed by atoms with Crippen LogP contribution in [0.1, 0.15) is 30.0 Å². The highest BCUT2D eigenvalue weighted by atomic mass is 32.2. The van der Waals surface area contributed by atoms with Crippen molar-refractivity contribution in [2.45, 2.75) is 33.6 Å². The standard InChI is InChI=1S/C21H27N3O3S/c1-16-10-13-20(14-17(16)2)24(28(4,26)27)15-21(25)23-22-18(3)11-12-19-8-6-5-7-9-19/h5-10,13-14H,11-12,15H2,1-4H3,(H,23,25)/b22-18-. The zero-order chi connectivity index (χ0) is 20.7. The molecule has 0 aromatic heterocycles. The molecular formula is C21H27N3O3S. The maximum absolute atomic E-state index is 12.3. The summed E-state index contributed by atoms with van der Waals surface area (Å²) in [6.07, 6.45) is 2.62. The highest BCUT2D eigenvalue weighted by molar-refractivity contribution is 7.92. The number of nitrogens with one attached hydrogen (secondary N) is 1. The normalized spacial score (nSPS) is 11.9. The van der Waals surface area contributed by atoms with Gasteiger partial charge in [0.2, 0.25) is 10.0 Å². The second-order valence-corrected chi connectivity index (χ2v) is 8.81. The van der Waals surface area contributed by atoms with Gasteiger partial charge in [0.15, 0.2) is 0 Å². The molecule has 0 saturated carbocycles. The Morgan fingerprint density at radius 2 is 1.75 bits per heavy atom. The highest BCUT2D eigenvalue weighted by Gasteiger charge is 2.21. The SMILES string of the molecule is C/C(CCc1ccccc1)=N/NC(=O)CN(c1ccc(C)c(C)c1)S(C)(=O)=O. The molecule has 1 amide bonds.